The molecular formula is C15H18O4. The summed E-state index contributed by atoms with van der Waals surface area (Å²) >= 11 is 0. The van der Waals surface area contributed by atoms with E-state index in [0.29, 0.717) is 0 Å². The highest BCUT2D eigenvalue weighted by molar-refractivity contribution is 5.95. The van der Waals surface area contributed by atoms with Crippen molar-refractivity contribution in [3.8, 4) is 0 Å². The van der Waals surface area contributed by atoms with Crippen LogP contribution in [0.3, 0.4) is 0 Å². The smallest absolute Gasteiger partial charge is 0.313 e. The number of rotatable bonds is 7. The van der Waals surface area contributed by atoms with Crippen LogP contribution in [0.15, 0.2) is 36.4 Å². The molecule has 0 bridgehead atoms. The van der Waals surface area contributed by atoms with Crippen LogP contribution in [-0.4, -0.2) is 29.6 Å². The number of ether oxygens (including phenoxy) is 1. The summed E-state index contributed by atoms with van der Waals surface area (Å²) in [6.45, 7) is 1.93. The first kappa shape index (κ1) is 15.1. The maximum Gasteiger partial charge on any atom is 0.313 e. The first-order valence-electron chi connectivity index (χ1n) is 6.20. The molecule has 0 unspecified atom stereocenters. The Morgan fingerprint density at radius 2 is 2.00 bits per heavy atom. The fourth-order valence-corrected chi connectivity index (χ4v) is 1.53. The number of esters is 1. The van der Waals surface area contributed by atoms with Crippen LogP contribution >= 0.6 is 0 Å². The average Bonchev–Trinajstić information content (AvgIpc) is 2.37. The first-order chi connectivity index (χ1) is 9.11. The van der Waals surface area contributed by atoms with E-state index in [2.05, 4.69) is 4.74 Å². The Hall–Kier alpha value is -1.94. The Morgan fingerprint density at radius 1 is 1.32 bits per heavy atom. The lowest BCUT2D eigenvalue weighted by Crippen LogP contribution is -2.16. The van der Waals surface area contributed by atoms with E-state index >= 15 is 0 Å². The van der Waals surface area contributed by atoms with Gasteiger partial charge in [0.25, 0.3) is 0 Å². The molecule has 102 valence electrons. The molecule has 1 N–H and O–H groups in total. The number of aliphatic hydroxyl groups is 1. The molecule has 1 atom stereocenters. The minimum Gasteiger partial charge on any atom is -0.466 e. The van der Waals surface area contributed by atoms with Crippen LogP contribution in [0.1, 0.15) is 25.3 Å². The van der Waals surface area contributed by atoms with Crippen LogP contribution < -0.4 is 0 Å². The van der Waals surface area contributed by atoms with Gasteiger partial charge in [-0.05, 0) is 12.5 Å². The molecule has 0 aromatic heterocycles. The largest absolute Gasteiger partial charge is 0.466 e. The summed E-state index contributed by atoms with van der Waals surface area (Å²) in [6.07, 6.45) is 2.02. The summed E-state index contributed by atoms with van der Waals surface area (Å²) in [6, 6.07) is 9.46. The van der Waals surface area contributed by atoms with Gasteiger partial charge in [0.1, 0.15) is 12.2 Å². The second-order valence-corrected chi connectivity index (χ2v) is 4.06. The third kappa shape index (κ3) is 6.52. The second-order valence-electron chi connectivity index (χ2n) is 4.06. The molecule has 0 fully saturated rings. The molecular weight excluding hydrogens is 244 g/mol. The van der Waals surface area contributed by atoms with Gasteiger partial charge in [-0.3, -0.25) is 9.59 Å². The van der Waals surface area contributed by atoms with Gasteiger partial charge in [-0.1, -0.05) is 42.5 Å². The highest BCUT2D eigenvalue weighted by Crippen LogP contribution is 2.05. The van der Waals surface area contributed by atoms with Gasteiger partial charge in [0.2, 0.25) is 0 Å². The summed E-state index contributed by atoms with van der Waals surface area (Å²) in [5.41, 5.74) is 0.944. The van der Waals surface area contributed by atoms with Crippen molar-refractivity contribution in [2.45, 2.75) is 25.9 Å². The number of carbonyl (C=O) groups excluding carboxylic acids is 2. The zero-order chi connectivity index (χ0) is 14.1. The molecule has 1 aromatic rings. The number of Topliss-reactive ketones (excluding diaryl/α,β-unsaturated/α-hetero) is 1. The van der Waals surface area contributed by atoms with Crippen molar-refractivity contribution in [1.29, 1.82) is 0 Å². The number of benzene rings is 1. The first-order valence-corrected chi connectivity index (χ1v) is 6.20. The normalized spacial score (nSPS) is 12.3. The van der Waals surface area contributed by atoms with Gasteiger partial charge in [0.05, 0.1) is 12.7 Å². The summed E-state index contributed by atoms with van der Waals surface area (Å²) in [5.74, 6) is -0.879. The Bertz CT molecular complexity index is 437. The minimum atomic E-state index is -0.887. The average molecular weight is 262 g/mol. The van der Waals surface area contributed by atoms with Gasteiger partial charge in [-0.15, -0.1) is 0 Å². The van der Waals surface area contributed by atoms with Crippen molar-refractivity contribution in [3.05, 3.63) is 42.0 Å². The maximum atomic E-state index is 11.5. The lowest BCUT2D eigenvalue weighted by Gasteiger charge is -2.04. The lowest BCUT2D eigenvalue weighted by atomic mass is 10.1. The van der Waals surface area contributed by atoms with Crippen molar-refractivity contribution in [1.82, 2.24) is 0 Å². The third-order valence-electron chi connectivity index (χ3n) is 2.39. The van der Waals surface area contributed by atoms with E-state index < -0.39 is 12.1 Å². The van der Waals surface area contributed by atoms with E-state index in [9.17, 15) is 14.7 Å². The Labute approximate surface area is 112 Å². The van der Waals surface area contributed by atoms with Gasteiger partial charge >= 0.3 is 5.97 Å². The molecule has 0 spiro atoms. The van der Waals surface area contributed by atoms with Crippen LogP contribution in [0, 0.1) is 0 Å². The standard InChI is InChI=1S/C15H18O4/c1-2-19-15(18)11-14(17)10-13(16)9-8-12-6-4-3-5-7-12/h3-9,13,16H,2,10-11H2,1H3/t13-/m1/s1. The molecule has 0 saturated heterocycles. The third-order valence-corrected chi connectivity index (χ3v) is 2.39. The van der Waals surface area contributed by atoms with E-state index in [0.717, 1.165) is 5.56 Å². The maximum absolute atomic E-state index is 11.5. The predicted octanol–water partition coefficient (Wildman–Crippen LogP) is 1.97. The molecule has 0 radical (unpaired) electrons. The summed E-state index contributed by atoms with van der Waals surface area (Å²) < 4.78 is 4.66. The van der Waals surface area contributed by atoms with Crippen LogP contribution in [0.2, 0.25) is 0 Å². The quantitative estimate of drug-likeness (QED) is 0.603. The number of carbonyl (C=O) groups is 2. The molecule has 0 aliphatic rings. The molecule has 0 heterocycles. The molecule has 19 heavy (non-hydrogen) atoms. The Kier molecular flexibility index (Phi) is 6.53. The second kappa shape index (κ2) is 8.21. The van der Waals surface area contributed by atoms with Crippen molar-refractivity contribution in [2.24, 2.45) is 0 Å². The SMILES string of the molecule is CCOC(=O)CC(=O)C[C@H](O)C=Cc1ccccc1. The summed E-state index contributed by atoms with van der Waals surface area (Å²) in [5, 5.41) is 9.66. The fraction of sp³-hybridized carbons (Fsp3) is 0.333. The number of hydrogen-bond acceptors (Lipinski definition) is 4. The molecule has 0 aliphatic heterocycles. The number of aliphatic hydroxyl groups excluding tert-OH is 1. The lowest BCUT2D eigenvalue weighted by molar-refractivity contribution is -0.145. The number of ketones is 1. The van der Waals surface area contributed by atoms with Crippen molar-refractivity contribution in [2.75, 3.05) is 6.61 Å². The fourth-order valence-electron chi connectivity index (χ4n) is 1.53. The van der Waals surface area contributed by atoms with Crippen molar-refractivity contribution in [3.63, 3.8) is 0 Å². The molecule has 1 rings (SSSR count). The van der Waals surface area contributed by atoms with E-state index in [1.807, 2.05) is 30.3 Å². The van der Waals surface area contributed by atoms with Gasteiger partial charge < -0.3 is 9.84 Å². The van der Waals surface area contributed by atoms with Gasteiger partial charge in [0.15, 0.2) is 0 Å². The van der Waals surface area contributed by atoms with Gasteiger partial charge in [0, 0.05) is 6.42 Å². The molecule has 4 heteroatoms. The predicted molar refractivity (Wildman–Crippen MR) is 72.4 cm³/mol. The summed E-state index contributed by atoms with van der Waals surface area (Å²) in [7, 11) is 0. The molecule has 4 nitrogen and oxygen atoms in total. The highest BCUT2D eigenvalue weighted by atomic mass is 16.5. The molecule has 0 saturated carbocycles. The monoisotopic (exact) mass is 262 g/mol. The van der Waals surface area contributed by atoms with Crippen LogP contribution in [0.5, 0.6) is 0 Å². The van der Waals surface area contributed by atoms with Gasteiger partial charge in [-0.2, -0.15) is 0 Å². The van der Waals surface area contributed by atoms with E-state index in [1.165, 1.54) is 0 Å². The molecule has 0 aliphatic carbocycles. The Balaban J connectivity index is 2.38. The summed E-state index contributed by atoms with van der Waals surface area (Å²) in [4.78, 5) is 22.5. The van der Waals surface area contributed by atoms with Crippen molar-refractivity contribution < 1.29 is 19.4 Å². The minimum absolute atomic E-state index is 0.0812. The molecule has 0 amide bonds. The van der Waals surface area contributed by atoms with E-state index in [4.69, 9.17) is 0 Å². The highest BCUT2D eigenvalue weighted by Gasteiger charge is 2.13. The van der Waals surface area contributed by atoms with Crippen molar-refractivity contribution >= 4 is 17.8 Å². The Morgan fingerprint density at radius 3 is 2.63 bits per heavy atom. The topological polar surface area (TPSA) is 63.6 Å². The molecule has 1 aromatic carbocycles. The van der Waals surface area contributed by atoms with Crippen LogP contribution in [-0.2, 0) is 14.3 Å². The van der Waals surface area contributed by atoms with Crippen LogP contribution in [0.4, 0.5) is 0 Å². The van der Waals surface area contributed by atoms with Crippen LogP contribution in [0.25, 0.3) is 6.08 Å². The number of hydrogen-bond donors (Lipinski definition) is 1. The zero-order valence-corrected chi connectivity index (χ0v) is 10.9. The zero-order valence-electron chi connectivity index (χ0n) is 10.9. The van der Waals surface area contributed by atoms with E-state index in [-0.39, 0.29) is 25.2 Å². The van der Waals surface area contributed by atoms with E-state index in [1.54, 1.807) is 19.1 Å². The van der Waals surface area contributed by atoms with Gasteiger partial charge in [-0.25, -0.2) is 0 Å².